The van der Waals surface area contributed by atoms with Gasteiger partial charge in [-0.25, -0.2) is 10.2 Å². The molecule has 6 nitrogen and oxygen atoms in total. The summed E-state index contributed by atoms with van der Waals surface area (Å²) in [6.45, 7) is -0.370. The lowest BCUT2D eigenvalue weighted by molar-refractivity contribution is -0.135. The first-order valence-electron chi connectivity index (χ1n) is 4.30. The summed E-state index contributed by atoms with van der Waals surface area (Å²) in [5.74, 6) is -1.07. The number of hydrogen-bond donors (Lipinski definition) is 3. The van der Waals surface area contributed by atoms with Crippen molar-refractivity contribution in [1.29, 1.82) is 0 Å². The Bertz CT molecular complexity index is 377. The normalized spacial score (nSPS) is 9.56. The topological polar surface area (TPSA) is 95.7 Å². The molecular weight excluding hydrogens is 278 g/mol. The minimum absolute atomic E-state index is 0.370. The molecule has 0 bridgehead atoms. The summed E-state index contributed by atoms with van der Waals surface area (Å²) in [5.41, 5.74) is 7.70. The van der Waals surface area contributed by atoms with Gasteiger partial charge in [-0.1, -0.05) is 15.9 Å². The summed E-state index contributed by atoms with van der Waals surface area (Å²) in [4.78, 5) is 21.3. The molecule has 7 heteroatoms. The number of urea groups is 1. The number of benzene rings is 1. The van der Waals surface area contributed by atoms with Crippen molar-refractivity contribution in [2.75, 3.05) is 11.6 Å². The quantitative estimate of drug-likeness (QED) is 0.718. The number of nitrogens with two attached hydrogens (primary N) is 1. The molecule has 0 heterocycles. The molecule has 0 fully saturated rings. The third-order valence-electron chi connectivity index (χ3n) is 1.68. The first-order valence-corrected chi connectivity index (χ1v) is 5.09. The van der Waals surface area contributed by atoms with E-state index in [4.69, 9.17) is 10.8 Å². The lowest BCUT2D eigenvalue weighted by Crippen LogP contribution is -2.47. The summed E-state index contributed by atoms with van der Waals surface area (Å²) < 4.78 is 0.852. The largest absolute Gasteiger partial charge is 0.480 e. The average Bonchev–Trinajstić information content (AvgIpc) is 2.16. The van der Waals surface area contributed by atoms with E-state index in [9.17, 15) is 9.59 Å². The molecular formula is C9H10BrN3O3. The Morgan fingerprint density at radius 2 is 1.94 bits per heavy atom. The van der Waals surface area contributed by atoms with Crippen molar-refractivity contribution in [3.63, 3.8) is 0 Å². The van der Waals surface area contributed by atoms with Crippen LogP contribution < -0.4 is 16.2 Å². The Labute approximate surface area is 100 Å². The Morgan fingerprint density at radius 3 is 2.38 bits per heavy atom. The number of carbonyl (C=O) groups excluding carboxylic acids is 1. The summed E-state index contributed by atoms with van der Waals surface area (Å²) in [6, 6.07) is 5.95. The van der Waals surface area contributed by atoms with Gasteiger partial charge in [-0.3, -0.25) is 9.80 Å². The van der Waals surface area contributed by atoms with Crippen LogP contribution in [0.4, 0.5) is 10.5 Å². The Hall–Kier alpha value is -1.76. The third kappa shape index (κ3) is 3.77. The third-order valence-corrected chi connectivity index (χ3v) is 2.21. The fourth-order valence-corrected chi connectivity index (χ4v) is 1.35. The van der Waals surface area contributed by atoms with Crippen molar-refractivity contribution in [3.8, 4) is 0 Å². The average molecular weight is 288 g/mol. The molecule has 0 atom stereocenters. The summed E-state index contributed by atoms with van der Waals surface area (Å²) in [7, 11) is 0. The number of nitrogens with zero attached hydrogens (tertiary/aromatic N) is 1. The molecule has 0 unspecified atom stereocenters. The first-order chi connectivity index (χ1) is 7.49. The number of aliphatic carboxylic acids is 1. The molecule has 0 aliphatic carbocycles. The monoisotopic (exact) mass is 287 g/mol. The zero-order chi connectivity index (χ0) is 12.1. The van der Waals surface area contributed by atoms with Gasteiger partial charge in [-0.2, -0.15) is 0 Å². The second-order valence-corrected chi connectivity index (χ2v) is 3.85. The molecule has 0 radical (unpaired) electrons. The molecule has 1 aromatic rings. The number of carboxylic acid groups (broad SMARTS) is 1. The fraction of sp³-hybridized carbons (Fsp3) is 0.111. The van der Waals surface area contributed by atoms with Gasteiger partial charge in [0.25, 0.3) is 0 Å². The second kappa shape index (κ2) is 5.36. The van der Waals surface area contributed by atoms with Crippen LogP contribution in [0.5, 0.6) is 0 Å². The van der Waals surface area contributed by atoms with Gasteiger partial charge in [0.2, 0.25) is 0 Å². The van der Waals surface area contributed by atoms with Crippen LogP contribution in [0.3, 0.4) is 0 Å². The number of rotatable bonds is 4. The number of amides is 2. The van der Waals surface area contributed by atoms with Crippen molar-refractivity contribution in [2.24, 2.45) is 5.73 Å². The highest BCUT2D eigenvalue weighted by molar-refractivity contribution is 9.10. The predicted octanol–water partition coefficient (Wildman–Crippen LogP) is 0.923. The van der Waals surface area contributed by atoms with Crippen LogP contribution in [0.15, 0.2) is 28.7 Å². The van der Waals surface area contributed by atoms with E-state index in [-0.39, 0.29) is 6.54 Å². The van der Waals surface area contributed by atoms with E-state index < -0.39 is 12.0 Å². The molecule has 0 saturated carbocycles. The zero-order valence-corrected chi connectivity index (χ0v) is 9.77. The molecule has 0 aliphatic rings. The molecule has 4 N–H and O–H groups in total. The van der Waals surface area contributed by atoms with E-state index in [1.165, 1.54) is 0 Å². The number of carbonyl (C=O) groups is 2. The van der Waals surface area contributed by atoms with Crippen LogP contribution in [0.1, 0.15) is 0 Å². The second-order valence-electron chi connectivity index (χ2n) is 2.93. The molecule has 1 aromatic carbocycles. The van der Waals surface area contributed by atoms with Crippen molar-refractivity contribution in [3.05, 3.63) is 28.7 Å². The van der Waals surface area contributed by atoms with Gasteiger partial charge in [-0.15, -0.1) is 0 Å². The Kier molecular flexibility index (Phi) is 4.12. The van der Waals surface area contributed by atoms with Crippen LogP contribution in [0.2, 0.25) is 0 Å². The summed E-state index contributed by atoms with van der Waals surface area (Å²) >= 11 is 3.25. The van der Waals surface area contributed by atoms with E-state index in [1.807, 2.05) is 0 Å². The first kappa shape index (κ1) is 12.3. The SMILES string of the molecule is NC(=O)NN(CC(=O)O)c1ccc(Br)cc1. The van der Waals surface area contributed by atoms with E-state index in [1.54, 1.807) is 24.3 Å². The van der Waals surface area contributed by atoms with Gasteiger partial charge in [0.05, 0.1) is 5.69 Å². The van der Waals surface area contributed by atoms with Crippen molar-refractivity contribution >= 4 is 33.6 Å². The van der Waals surface area contributed by atoms with Crippen molar-refractivity contribution < 1.29 is 14.7 Å². The number of carboxylic acids is 1. The van der Waals surface area contributed by atoms with E-state index in [0.29, 0.717) is 5.69 Å². The van der Waals surface area contributed by atoms with Gasteiger partial charge >= 0.3 is 12.0 Å². The number of anilines is 1. The van der Waals surface area contributed by atoms with Gasteiger partial charge in [-0.05, 0) is 24.3 Å². The van der Waals surface area contributed by atoms with Crippen LogP contribution in [-0.2, 0) is 4.79 Å². The lowest BCUT2D eigenvalue weighted by atomic mass is 10.3. The maximum atomic E-state index is 10.7. The number of primary amides is 1. The van der Waals surface area contributed by atoms with Crippen LogP contribution >= 0.6 is 15.9 Å². The molecule has 0 aliphatic heterocycles. The number of halogens is 1. The minimum atomic E-state index is -1.07. The smallest absolute Gasteiger partial charge is 0.330 e. The van der Waals surface area contributed by atoms with E-state index in [0.717, 1.165) is 9.48 Å². The van der Waals surface area contributed by atoms with Crippen molar-refractivity contribution in [1.82, 2.24) is 5.43 Å². The standard InChI is InChI=1S/C9H10BrN3O3/c10-6-1-3-7(4-2-6)13(5-8(14)15)12-9(11)16/h1-4H,5H2,(H,14,15)(H3,11,12,16). The van der Waals surface area contributed by atoms with Crippen LogP contribution in [-0.4, -0.2) is 23.7 Å². The summed E-state index contributed by atoms with van der Waals surface area (Å²) in [6.07, 6.45) is 0. The molecule has 16 heavy (non-hydrogen) atoms. The van der Waals surface area contributed by atoms with E-state index >= 15 is 0 Å². The van der Waals surface area contributed by atoms with Gasteiger partial charge in [0, 0.05) is 4.47 Å². The van der Waals surface area contributed by atoms with Crippen LogP contribution in [0, 0.1) is 0 Å². The summed E-state index contributed by atoms with van der Waals surface area (Å²) in [5, 5.41) is 9.82. The van der Waals surface area contributed by atoms with E-state index in [2.05, 4.69) is 21.4 Å². The molecule has 0 saturated heterocycles. The minimum Gasteiger partial charge on any atom is -0.480 e. The zero-order valence-electron chi connectivity index (χ0n) is 8.18. The highest BCUT2D eigenvalue weighted by Crippen LogP contribution is 2.16. The molecule has 0 aromatic heterocycles. The highest BCUT2D eigenvalue weighted by atomic mass is 79.9. The molecule has 0 spiro atoms. The maximum Gasteiger partial charge on any atom is 0.330 e. The predicted molar refractivity (Wildman–Crippen MR) is 61.8 cm³/mol. The highest BCUT2D eigenvalue weighted by Gasteiger charge is 2.11. The van der Waals surface area contributed by atoms with Gasteiger partial charge < -0.3 is 10.8 Å². The Balaban J connectivity index is 2.86. The Morgan fingerprint density at radius 1 is 1.38 bits per heavy atom. The maximum absolute atomic E-state index is 10.7. The number of nitrogens with one attached hydrogen (secondary N) is 1. The number of hydrogen-bond acceptors (Lipinski definition) is 3. The molecule has 86 valence electrons. The molecule has 2 amide bonds. The van der Waals surface area contributed by atoms with Gasteiger partial charge in [0.1, 0.15) is 6.54 Å². The fourth-order valence-electron chi connectivity index (χ4n) is 1.08. The lowest BCUT2D eigenvalue weighted by Gasteiger charge is -2.22. The van der Waals surface area contributed by atoms with Crippen molar-refractivity contribution in [2.45, 2.75) is 0 Å². The van der Waals surface area contributed by atoms with Crippen LogP contribution in [0.25, 0.3) is 0 Å². The van der Waals surface area contributed by atoms with Gasteiger partial charge in [0.15, 0.2) is 0 Å². The molecule has 1 rings (SSSR count). The number of hydrazine groups is 1.